The third-order valence-electron chi connectivity index (χ3n) is 6.38. The second-order valence-corrected chi connectivity index (χ2v) is 9.08. The fourth-order valence-electron chi connectivity index (χ4n) is 4.18. The standard InChI is InChI=1S/C19H29N3O2.C7H13N2O2.2CH5N.Y/c1-17-4-2-12-21(14-9-17)15-10-18-5-7-19(8-6-18)22(16-23)13-3-11-20-24;10-6-1-7(11)9-4-2-8-3-5-9;2*1-2;/h3,5-8,13,16-17,20,24H,2,4,9-12,14-15H2,1H3;10H,1-6H2;2*2H2,1H3;/q;-1;;;/b13-3-;;;;. The van der Waals surface area contributed by atoms with Gasteiger partial charge in [-0.05, 0) is 76.5 Å². The van der Waals surface area contributed by atoms with Crippen LogP contribution >= 0.6 is 0 Å². The Kier molecular flexibility index (Phi) is 28.5. The van der Waals surface area contributed by atoms with Crippen LogP contribution in [0.2, 0.25) is 0 Å². The molecule has 12 heteroatoms. The van der Waals surface area contributed by atoms with Crippen molar-refractivity contribution in [2.75, 3.05) is 78.0 Å². The topological polar surface area (TPSA) is 162 Å². The first kappa shape index (κ1) is 40.9. The van der Waals surface area contributed by atoms with Crippen LogP contribution in [0.4, 0.5) is 5.69 Å². The van der Waals surface area contributed by atoms with Gasteiger partial charge in [0.2, 0.25) is 12.3 Å². The SMILES string of the molecule is CC1CCCN(CCc2ccc(N(C=O)/C=C\CNO)cc2)CC1.CN.CN.O=C(CCO)N1CC[N-]CC1.[Y]. The molecule has 2 aliphatic rings. The number of likely N-dealkylation sites (tertiary alicyclic amines) is 1. The first-order valence-electron chi connectivity index (χ1n) is 13.8. The zero-order valence-corrected chi connectivity index (χ0v) is 27.6. The predicted molar refractivity (Wildman–Crippen MR) is 159 cm³/mol. The minimum absolute atomic E-state index is 0. The molecule has 1 unspecified atom stereocenters. The van der Waals surface area contributed by atoms with Crippen molar-refractivity contribution in [2.45, 2.75) is 39.0 Å². The molecule has 7 N–H and O–H groups in total. The van der Waals surface area contributed by atoms with E-state index >= 15 is 0 Å². The van der Waals surface area contributed by atoms with Crippen molar-refractivity contribution in [3.8, 4) is 0 Å². The van der Waals surface area contributed by atoms with Crippen LogP contribution in [0.3, 0.4) is 0 Å². The van der Waals surface area contributed by atoms with Gasteiger partial charge < -0.3 is 36.9 Å². The van der Waals surface area contributed by atoms with Crippen molar-refractivity contribution in [2.24, 2.45) is 17.4 Å². The zero-order chi connectivity index (χ0) is 29.3. The van der Waals surface area contributed by atoms with Gasteiger partial charge in [-0.25, -0.2) is 5.48 Å². The molecular weight excluding hydrogens is 587 g/mol. The van der Waals surface area contributed by atoms with E-state index in [0.717, 1.165) is 57.2 Å². The first-order chi connectivity index (χ1) is 19.1. The number of anilines is 1. The molecule has 1 aromatic carbocycles. The summed E-state index contributed by atoms with van der Waals surface area (Å²) in [5.41, 5.74) is 13.1. The van der Waals surface area contributed by atoms with E-state index in [-0.39, 0.29) is 51.6 Å². The summed E-state index contributed by atoms with van der Waals surface area (Å²) in [5, 5.41) is 21.2. The van der Waals surface area contributed by atoms with Crippen LogP contribution in [0.15, 0.2) is 36.5 Å². The summed E-state index contributed by atoms with van der Waals surface area (Å²) >= 11 is 0. The summed E-state index contributed by atoms with van der Waals surface area (Å²) in [5.74, 6) is 0.903. The van der Waals surface area contributed by atoms with Crippen LogP contribution in [0.1, 0.15) is 38.2 Å². The Bertz CT molecular complexity index is 766. The number of nitrogens with two attached hydrogens (primary N) is 2. The van der Waals surface area contributed by atoms with Crippen LogP contribution in [0, 0.1) is 5.92 Å². The molecule has 1 radical (unpaired) electrons. The number of benzene rings is 1. The van der Waals surface area contributed by atoms with Gasteiger partial charge in [0.25, 0.3) is 0 Å². The van der Waals surface area contributed by atoms with Crippen LogP contribution in [0.5, 0.6) is 0 Å². The van der Waals surface area contributed by atoms with Crippen LogP contribution < -0.4 is 21.8 Å². The molecule has 0 saturated carbocycles. The van der Waals surface area contributed by atoms with Crippen molar-refractivity contribution in [1.29, 1.82) is 0 Å². The summed E-state index contributed by atoms with van der Waals surface area (Å²) in [4.78, 5) is 28.1. The average molecular weight is 640 g/mol. The molecule has 1 aromatic rings. The molecule has 1 atom stereocenters. The number of aliphatic hydroxyl groups excluding tert-OH is 1. The van der Waals surface area contributed by atoms with Gasteiger partial charge in [0.15, 0.2) is 0 Å². The van der Waals surface area contributed by atoms with E-state index in [2.05, 4.69) is 40.7 Å². The Morgan fingerprint density at radius 3 is 2.33 bits per heavy atom. The van der Waals surface area contributed by atoms with Gasteiger partial charge in [-0.2, -0.15) is 0 Å². The van der Waals surface area contributed by atoms with Gasteiger partial charge in [-0.15, -0.1) is 13.1 Å². The molecule has 2 aliphatic heterocycles. The van der Waals surface area contributed by atoms with Gasteiger partial charge >= 0.3 is 0 Å². The second-order valence-electron chi connectivity index (χ2n) is 9.08. The number of hydrogen-bond donors (Lipinski definition) is 5. The van der Waals surface area contributed by atoms with E-state index in [0.29, 0.717) is 6.54 Å². The van der Waals surface area contributed by atoms with Crippen molar-refractivity contribution < 1.29 is 52.6 Å². The molecule has 2 fully saturated rings. The number of aliphatic hydroxyl groups is 1. The molecule has 227 valence electrons. The molecule has 0 spiro atoms. The Balaban J connectivity index is 0. The van der Waals surface area contributed by atoms with Gasteiger partial charge in [-0.1, -0.05) is 25.1 Å². The van der Waals surface area contributed by atoms with E-state index in [1.165, 1.54) is 56.9 Å². The maximum Gasteiger partial charge on any atom is 0.224 e. The third-order valence-corrected chi connectivity index (χ3v) is 6.38. The predicted octanol–water partition coefficient (Wildman–Crippen LogP) is 1.54. The summed E-state index contributed by atoms with van der Waals surface area (Å²) in [6.07, 6.45) is 9.35. The summed E-state index contributed by atoms with van der Waals surface area (Å²) < 4.78 is 0. The molecule has 2 amide bonds. The normalized spacial score (nSPS) is 17.0. The average Bonchev–Trinajstić information content (AvgIpc) is 3.21. The molecule has 3 rings (SSSR count). The Morgan fingerprint density at radius 2 is 1.75 bits per heavy atom. The maximum absolute atomic E-state index is 11.2. The minimum Gasteiger partial charge on any atom is -0.659 e. The van der Waals surface area contributed by atoms with Crippen molar-refractivity contribution >= 4 is 18.0 Å². The number of carbonyl (C=O) groups excluding carboxylic acids is 2. The van der Waals surface area contributed by atoms with Crippen LogP contribution in [0.25, 0.3) is 5.32 Å². The maximum atomic E-state index is 11.2. The van der Waals surface area contributed by atoms with E-state index in [1.54, 1.807) is 17.2 Å². The van der Waals surface area contributed by atoms with Crippen molar-refractivity contribution in [3.05, 3.63) is 47.4 Å². The van der Waals surface area contributed by atoms with E-state index < -0.39 is 0 Å². The third kappa shape index (κ3) is 18.2. The molecule has 2 saturated heterocycles. The largest absolute Gasteiger partial charge is 0.659 e. The minimum atomic E-state index is -0.0491. The molecule has 0 aromatic heterocycles. The van der Waals surface area contributed by atoms with E-state index in [1.807, 2.05) is 17.6 Å². The fraction of sp³-hybridized carbons (Fsp3) is 0.643. The van der Waals surface area contributed by atoms with Crippen LogP contribution in [-0.2, 0) is 48.7 Å². The monoisotopic (exact) mass is 639 g/mol. The van der Waals surface area contributed by atoms with Crippen molar-refractivity contribution in [3.63, 3.8) is 0 Å². The molecule has 0 aliphatic carbocycles. The Hall–Kier alpha value is -1.28. The number of nitrogens with zero attached hydrogens (tertiary/aromatic N) is 4. The summed E-state index contributed by atoms with van der Waals surface area (Å²) in [7, 11) is 3.00. The number of carbonyl (C=O) groups is 2. The van der Waals surface area contributed by atoms with Crippen molar-refractivity contribution in [1.82, 2.24) is 15.3 Å². The Labute approximate surface area is 266 Å². The van der Waals surface area contributed by atoms with Gasteiger partial charge in [0, 0.05) is 77.2 Å². The fourth-order valence-corrected chi connectivity index (χ4v) is 4.18. The molecular formula is C28H52N7O4Y-. The Morgan fingerprint density at radius 1 is 1.10 bits per heavy atom. The zero-order valence-electron chi connectivity index (χ0n) is 24.8. The number of amides is 2. The molecule has 40 heavy (non-hydrogen) atoms. The quantitative estimate of drug-likeness (QED) is 0.190. The summed E-state index contributed by atoms with van der Waals surface area (Å²) in [6, 6.07) is 8.10. The van der Waals surface area contributed by atoms with Gasteiger partial charge in [-0.3, -0.25) is 14.5 Å². The number of nitrogens with one attached hydrogen (secondary N) is 1. The second kappa shape index (κ2) is 27.9. The smallest absolute Gasteiger partial charge is 0.224 e. The number of hydroxylamine groups is 1. The van der Waals surface area contributed by atoms with E-state index in [4.69, 9.17) is 10.3 Å². The molecule has 2 heterocycles. The van der Waals surface area contributed by atoms with Gasteiger partial charge in [0.1, 0.15) is 0 Å². The summed E-state index contributed by atoms with van der Waals surface area (Å²) in [6.45, 7) is 9.07. The molecule has 11 nitrogen and oxygen atoms in total. The van der Waals surface area contributed by atoms with Crippen LogP contribution in [-0.4, -0.2) is 105 Å². The molecule has 0 bridgehead atoms. The number of hydrogen-bond acceptors (Lipinski definition) is 8. The van der Waals surface area contributed by atoms with Gasteiger partial charge in [0.05, 0.1) is 6.61 Å². The number of rotatable bonds is 10. The number of piperazine rings is 1. The van der Waals surface area contributed by atoms with E-state index in [9.17, 15) is 9.59 Å². The first-order valence-corrected chi connectivity index (χ1v) is 13.8.